The number of benzene rings is 2. The van der Waals surface area contributed by atoms with Gasteiger partial charge < -0.3 is 9.64 Å². The molecule has 0 aliphatic rings. The molecule has 1 aromatic heterocycles. The van der Waals surface area contributed by atoms with Crippen LogP contribution in [0.2, 0.25) is 0 Å². The molecule has 0 N–H and O–H groups in total. The molecule has 27 heavy (non-hydrogen) atoms. The molecule has 0 aliphatic carbocycles. The number of hydrogen-bond acceptors (Lipinski definition) is 8. The van der Waals surface area contributed by atoms with Crippen LogP contribution in [-0.2, 0) is 11.3 Å². The summed E-state index contributed by atoms with van der Waals surface area (Å²) in [6, 6.07) is 13.3. The van der Waals surface area contributed by atoms with Gasteiger partial charge in [-0.2, -0.15) is 4.68 Å². The van der Waals surface area contributed by atoms with E-state index in [1.165, 1.54) is 22.9 Å². The highest BCUT2D eigenvalue weighted by molar-refractivity contribution is 5.91. The zero-order valence-electron chi connectivity index (χ0n) is 14.6. The zero-order valence-corrected chi connectivity index (χ0v) is 14.6. The quantitative estimate of drug-likeness (QED) is 0.368. The fourth-order valence-corrected chi connectivity index (χ4v) is 2.45. The highest BCUT2D eigenvalue weighted by Crippen LogP contribution is 2.28. The summed E-state index contributed by atoms with van der Waals surface area (Å²) in [5, 5.41) is 22.6. The molecule has 0 saturated carbocycles. The minimum absolute atomic E-state index is 0.0750. The third-order valence-corrected chi connectivity index (χ3v) is 3.76. The summed E-state index contributed by atoms with van der Waals surface area (Å²) in [6.45, 7) is -0.177. The van der Waals surface area contributed by atoms with Crippen LogP contribution in [0, 0.1) is 10.1 Å². The number of hydrogen-bond donors (Lipinski definition) is 0. The molecule has 0 unspecified atom stereocenters. The minimum atomic E-state index is -0.703. The number of nitro groups is 1. The molecule has 0 saturated heterocycles. The molecular formula is C17H16N6O4. The van der Waals surface area contributed by atoms with E-state index in [1.807, 2.05) is 30.3 Å². The van der Waals surface area contributed by atoms with Crippen LogP contribution >= 0.6 is 0 Å². The molecule has 0 amide bonds. The van der Waals surface area contributed by atoms with Gasteiger partial charge in [0.05, 0.1) is 16.2 Å². The highest BCUT2D eigenvalue weighted by Gasteiger charge is 2.20. The van der Waals surface area contributed by atoms with Crippen molar-refractivity contribution in [3.63, 3.8) is 0 Å². The van der Waals surface area contributed by atoms with E-state index in [4.69, 9.17) is 4.74 Å². The highest BCUT2D eigenvalue weighted by atomic mass is 16.6. The molecule has 10 heteroatoms. The number of para-hydroxylation sites is 1. The van der Waals surface area contributed by atoms with Crippen molar-refractivity contribution in [2.24, 2.45) is 0 Å². The van der Waals surface area contributed by atoms with Gasteiger partial charge in [-0.25, -0.2) is 4.79 Å². The molecule has 3 aromatic rings. The van der Waals surface area contributed by atoms with E-state index in [9.17, 15) is 14.9 Å². The summed E-state index contributed by atoms with van der Waals surface area (Å²) in [7, 11) is 3.37. The summed E-state index contributed by atoms with van der Waals surface area (Å²) in [4.78, 5) is 24.6. The molecule has 138 valence electrons. The number of ether oxygens (including phenoxy) is 1. The Balaban J connectivity index is 1.77. The van der Waals surface area contributed by atoms with E-state index in [1.54, 1.807) is 19.0 Å². The van der Waals surface area contributed by atoms with Crippen molar-refractivity contribution < 1.29 is 14.5 Å². The number of esters is 1. The van der Waals surface area contributed by atoms with Gasteiger partial charge in [0, 0.05) is 20.2 Å². The van der Waals surface area contributed by atoms with Gasteiger partial charge in [0.1, 0.15) is 5.69 Å². The van der Waals surface area contributed by atoms with Gasteiger partial charge in [-0.05, 0) is 34.7 Å². The molecule has 0 aliphatic heterocycles. The van der Waals surface area contributed by atoms with Crippen LogP contribution in [0.4, 0.5) is 11.4 Å². The Morgan fingerprint density at radius 2 is 1.96 bits per heavy atom. The first kappa shape index (κ1) is 18.0. The van der Waals surface area contributed by atoms with Gasteiger partial charge in [-0.15, -0.1) is 5.10 Å². The third kappa shape index (κ3) is 3.89. The molecule has 1 heterocycles. The predicted molar refractivity (Wildman–Crippen MR) is 95.7 cm³/mol. The van der Waals surface area contributed by atoms with Crippen molar-refractivity contribution >= 4 is 17.3 Å². The third-order valence-electron chi connectivity index (χ3n) is 3.76. The average Bonchev–Trinajstić information content (AvgIpc) is 3.14. The molecule has 0 radical (unpaired) electrons. The summed E-state index contributed by atoms with van der Waals surface area (Å²) in [5.41, 5.74) is 1.01. The van der Waals surface area contributed by atoms with E-state index in [-0.39, 0.29) is 17.9 Å². The Hall–Kier alpha value is -3.82. The molecule has 0 fully saturated rings. The van der Waals surface area contributed by atoms with Crippen molar-refractivity contribution in [2.45, 2.75) is 6.61 Å². The maximum Gasteiger partial charge on any atom is 0.338 e. The lowest BCUT2D eigenvalue weighted by atomic mass is 10.1. The van der Waals surface area contributed by atoms with Crippen LogP contribution in [0.1, 0.15) is 16.2 Å². The van der Waals surface area contributed by atoms with Gasteiger partial charge in [0.15, 0.2) is 12.4 Å². The SMILES string of the molecule is CN(C)c1ccc(C(=O)OCc2nnnn2-c2ccccc2)cc1[N+](=O)[O-]. The standard InChI is InChI=1S/C17H16N6O4/c1-21(2)14-9-8-12(10-15(14)23(25)26)17(24)27-11-16-18-19-20-22(16)13-6-4-3-5-7-13/h3-10H,11H2,1-2H3. The summed E-state index contributed by atoms with van der Waals surface area (Å²) in [6.07, 6.45) is 0. The largest absolute Gasteiger partial charge is 0.454 e. The topological polar surface area (TPSA) is 116 Å². The fourth-order valence-electron chi connectivity index (χ4n) is 2.45. The maximum absolute atomic E-state index is 12.3. The van der Waals surface area contributed by atoms with E-state index < -0.39 is 10.9 Å². The maximum atomic E-state index is 12.3. The lowest BCUT2D eigenvalue weighted by Crippen LogP contribution is -2.13. The Bertz CT molecular complexity index is 971. The number of carbonyl (C=O) groups excluding carboxylic acids is 1. The van der Waals surface area contributed by atoms with Crippen LogP contribution < -0.4 is 4.90 Å². The Morgan fingerprint density at radius 3 is 2.63 bits per heavy atom. The monoisotopic (exact) mass is 368 g/mol. The number of nitrogens with zero attached hydrogens (tertiary/aromatic N) is 6. The number of nitro benzene ring substituents is 1. The number of anilines is 1. The number of aromatic nitrogens is 4. The van der Waals surface area contributed by atoms with Crippen molar-refractivity contribution in [2.75, 3.05) is 19.0 Å². The summed E-state index contributed by atoms with van der Waals surface area (Å²) < 4.78 is 6.68. The molecule has 2 aromatic carbocycles. The molecule has 0 atom stereocenters. The lowest BCUT2D eigenvalue weighted by Gasteiger charge is -2.13. The van der Waals surface area contributed by atoms with E-state index >= 15 is 0 Å². The van der Waals surface area contributed by atoms with Crippen LogP contribution in [0.15, 0.2) is 48.5 Å². The van der Waals surface area contributed by atoms with Crippen molar-refractivity contribution in [1.29, 1.82) is 0 Å². The molecule has 0 bridgehead atoms. The Labute approximate surface area is 154 Å². The smallest absolute Gasteiger partial charge is 0.338 e. The fraction of sp³-hybridized carbons (Fsp3) is 0.176. The molecule has 0 spiro atoms. The average molecular weight is 368 g/mol. The second kappa shape index (κ2) is 7.60. The van der Waals surface area contributed by atoms with E-state index in [0.717, 1.165) is 5.69 Å². The van der Waals surface area contributed by atoms with Crippen molar-refractivity contribution in [1.82, 2.24) is 20.2 Å². The second-order valence-corrected chi connectivity index (χ2v) is 5.77. The number of tetrazole rings is 1. The summed E-state index contributed by atoms with van der Waals surface area (Å²) >= 11 is 0. The van der Waals surface area contributed by atoms with Crippen molar-refractivity contribution in [3.8, 4) is 5.69 Å². The van der Waals surface area contributed by atoms with Crippen LogP contribution in [0.25, 0.3) is 5.69 Å². The molecule has 3 rings (SSSR count). The van der Waals surface area contributed by atoms with Crippen LogP contribution in [0.3, 0.4) is 0 Å². The molecule has 10 nitrogen and oxygen atoms in total. The Kier molecular flexibility index (Phi) is 5.06. The van der Waals surface area contributed by atoms with E-state index in [2.05, 4.69) is 15.5 Å². The lowest BCUT2D eigenvalue weighted by molar-refractivity contribution is -0.384. The van der Waals surface area contributed by atoms with Crippen molar-refractivity contribution in [3.05, 3.63) is 70.0 Å². The Morgan fingerprint density at radius 1 is 1.22 bits per heavy atom. The number of carbonyl (C=O) groups is 1. The summed E-state index contributed by atoms with van der Waals surface area (Å²) in [5.74, 6) is -0.375. The van der Waals surface area contributed by atoms with Crippen LogP contribution in [0.5, 0.6) is 0 Å². The normalized spacial score (nSPS) is 10.4. The van der Waals surface area contributed by atoms with Gasteiger partial charge in [-0.1, -0.05) is 18.2 Å². The second-order valence-electron chi connectivity index (χ2n) is 5.77. The van der Waals surface area contributed by atoms with Gasteiger partial charge in [0.2, 0.25) is 0 Å². The zero-order chi connectivity index (χ0) is 19.4. The molecular weight excluding hydrogens is 352 g/mol. The van der Waals surface area contributed by atoms with E-state index in [0.29, 0.717) is 11.5 Å². The van der Waals surface area contributed by atoms with Gasteiger partial charge >= 0.3 is 5.97 Å². The van der Waals surface area contributed by atoms with Gasteiger partial charge in [-0.3, -0.25) is 10.1 Å². The minimum Gasteiger partial charge on any atom is -0.454 e. The first-order valence-electron chi connectivity index (χ1n) is 7.93. The first-order valence-corrected chi connectivity index (χ1v) is 7.93. The predicted octanol–water partition coefficient (Wildman–Crippen LogP) is 1.99. The number of rotatable bonds is 6. The first-order chi connectivity index (χ1) is 13.0. The van der Waals surface area contributed by atoms with Gasteiger partial charge in [0.25, 0.3) is 5.69 Å². The van der Waals surface area contributed by atoms with Crippen LogP contribution in [-0.4, -0.2) is 45.2 Å².